The third kappa shape index (κ3) is 3.37. The van der Waals surface area contributed by atoms with Gasteiger partial charge in [0.2, 0.25) is 11.6 Å². The van der Waals surface area contributed by atoms with Crippen LogP contribution >= 0.6 is 0 Å². The van der Waals surface area contributed by atoms with Crippen LogP contribution in [0.5, 0.6) is 0 Å². The molecule has 0 bridgehead atoms. The fourth-order valence-corrected chi connectivity index (χ4v) is 3.43. The zero-order chi connectivity index (χ0) is 18.0. The Morgan fingerprint density at radius 3 is 2.64 bits per heavy atom. The first kappa shape index (κ1) is 17.4. The Labute approximate surface area is 146 Å². The summed E-state index contributed by atoms with van der Waals surface area (Å²) in [5, 5.41) is 2.88. The van der Waals surface area contributed by atoms with Crippen LogP contribution in [0.25, 0.3) is 0 Å². The lowest BCUT2D eigenvalue weighted by Crippen LogP contribution is -2.38. The molecule has 0 atom stereocenters. The quantitative estimate of drug-likeness (QED) is 0.866. The maximum absolute atomic E-state index is 12.5. The van der Waals surface area contributed by atoms with Gasteiger partial charge >= 0.3 is 0 Å². The molecule has 1 aromatic heterocycles. The SMILES string of the molecule is COC1=CC(=O)c2c(cc(C(=O)NCCN3CCCCC3)n2C)C1=O. The average molecular weight is 345 g/mol. The molecule has 25 heavy (non-hydrogen) atoms. The normalized spacial score (nSPS) is 17.9. The second-order valence-corrected chi connectivity index (χ2v) is 6.42. The Morgan fingerprint density at radius 1 is 1.24 bits per heavy atom. The van der Waals surface area contributed by atoms with Crippen LogP contribution in [-0.2, 0) is 11.8 Å². The zero-order valence-electron chi connectivity index (χ0n) is 14.6. The molecule has 1 fully saturated rings. The van der Waals surface area contributed by atoms with E-state index in [-0.39, 0.29) is 34.5 Å². The average Bonchev–Trinajstić information content (AvgIpc) is 2.97. The summed E-state index contributed by atoms with van der Waals surface area (Å²) in [6, 6.07) is 1.47. The molecule has 1 aromatic rings. The van der Waals surface area contributed by atoms with Gasteiger partial charge in [-0.25, -0.2) is 0 Å². The molecule has 0 spiro atoms. The topological polar surface area (TPSA) is 80.6 Å². The highest BCUT2D eigenvalue weighted by Gasteiger charge is 2.32. The van der Waals surface area contributed by atoms with Crippen molar-refractivity contribution in [3.8, 4) is 0 Å². The number of ether oxygens (including phenoxy) is 1. The van der Waals surface area contributed by atoms with Gasteiger partial charge in [-0.15, -0.1) is 0 Å². The van der Waals surface area contributed by atoms with Crippen molar-refractivity contribution < 1.29 is 19.1 Å². The van der Waals surface area contributed by atoms with Crippen LogP contribution in [0.1, 0.15) is 50.6 Å². The maximum atomic E-state index is 12.5. The summed E-state index contributed by atoms with van der Waals surface area (Å²) >= 11 is 0. The first-order valence-corrected chi connectivity index (χ1v) is 8.58. The molecule has 3 rings (SSSR count). The number of fused-ring (bicyclic) bond motifs is 1. The maximum Gasteiger partial charge on any atom is 0.267 e. The minimum Gasteiger partial charge on any atom is -0.492 e. The second-order valence-electron chi connectivity index (χ2n) is 6.42. The van der Waals surface area contributed by atoms with E-state index in [9.17, 15) is 14.4 Å². The summed E-state index contributed by atoms with van der Waals surface area (Å²) in [5.41, 5.74) is 0.746. The van der Waals surface area contributed by atoms with E-state index < -0.39 is 0 Å². The van der Waals surface area contributed by atoms with Crippen LogP contribution in [0, 0.1) is 0 Å². The second kappa shape index (κ2) is 7.23. The van der Waals surface area contributed by atoms with Gasteiger partial charge in [-0.2, -0.15) is 0 Å². The third-order valence-electron chi connectivity index (χ3n) is 4.81. The van der Waals surface area contributed by atoms with Gasteiger partial charge in [0.25, 0.3) is 5.91 Å². The smallest absolute Gasteiger partial charge is 0.267 e. The number of hydrogen-bond donors (Lipinski definition) is 1. The van der Waals surface area contributed by atoms with Crippen molar-refractivity contribution in [2.45, 2.75) is 19.3 Å². The predicted octanol–water partition coefficient (Wildman–Crippen LogP) is 1.15. The number of ketones is 2. The number of piperidine rings is 1. The molecule has 1 N–H and O–H groups in total. The Hall–Kier alpha value is -2.41. The number of hydrogen-bond acceptors (Lipinski definition) is 5. The number of methoxy groups -OCH3 is 1. The van der Waals surface area contributed by atoms with Gasteiger partial charge in [-0.3, -0.25) is 14.4 Å². The molecule has 2 heterocycles. The number of nitrogens with one attached hydrogen (secondary N) is 1. The molecule has 0 saturated carbocycles. The number of likely N-dealkylation sites (tertiary alicyclic amines) is 1. The van der Waals surface area contributed by atoms with Crippen molar-refractivity contribution in [1.82, 2.24) is 14.8 Å². The van der Waals surface area contributed by atoms with Crippen LogP contribution in [0.15, 0.2) is 17.9 Å². The van der Waals surface area contributed by atoms with Gasteiger partial charge in [0, 0.05) is 26.2 Å². The van der Waals surface area contributed by atoms with E-state index in [1.54, 1.807) is 7.05 Å². The van der Waals surface area contributed by atoms with Crippen LogP contribution in [0.2, 0.25) is 0 Å². The van der Waals surface area contributed by atoms with E-state index in [4.69, 9.17) is 4.74 Å². The molecule has 1 aliphatic heterocycles. The molecular formula is C18H23N3O4. The van der Waals surface area contributed by atoms with Gasteiger partial charge in [-0.1, -0.05) is 6.42 Å². The fraction of sp³-hybridized carbons (Fsp3) is 0.500. The zero-order valence-corrected chi connectivity index (χ0v) is 14.6. The first-order chi connectivity index (χ1) is 12.0. The van der Waals surface area contributed by atoms with Crippen LogP contribution in [0.4, 0.5) is 0 Å². The molecule has 0 aromatic carbocycles. The van der Waals surface area contributed by atoms with Gasteiger partial charge < -0.3 is 19.5 Å². The van der Waals surface area contributed by atoms with Crippen molar-refractivity contribution in [3.63, 3.8) is 0 Å². The molecule has 1 aliphatic carbocycles. The molecule has 1 amide bonds. The molecule has 1 saturated heterocycles. The lowest BCUT2D eigenvalue weighted by atomic mass is 10.0. The number of carbonyl (C=O) groups is 3. The number of aromatic nitrogens is 1. The monoisotopic (exact) mass is 345 g/mol. The summed E-state index contributed by atoms with van der Waals surface area (Å²) in [6.45, 7) is 3.49. The fourth-order valence-electron chi connectivity index (χ4n) is 3.43. The largest absolute Gasteiger partial charge is 0.492 e. The molecule has 2 aliphatic rings. The summed E-state index contributed by atoms with van der Waals surface area (Å²) in [6.07, 6.45) is 4.86. The third-order valence-corrected chi connectivity index (χ3v) is 4.81. The Balaban J connectivity index is 1.69. The van der Waals surface area contributed by atoms with Crippen molar-refractivity contribution in [2.75, 3.05) is 33.3 Å². The van der Waals surface area contributed by atoms with E-state index in [0.717, 1.165) is 19.6 Å². The summed E-state index contributed by atoms with van der Waals surface area (Å²) in [7, 11) is 2.97. The Kier molecular flexibility index (Phi) is 5.03. The minimum absolute atomic E-state index is 0.000145. The van der Waals surface area contributed by atoms with Crippen LogP contribution in [-0.4, -0.2) is 60.2 Å². The van der Waals surface area contributed by atoms with Crippen LogP contribution in [0.3, 0.4) is 0 Å². The van der Waals surface area contributed by atoms with Crippen molar-refractivity contribution in [3.05, 3.63) is 34.9 Å². The Bertz CT molecular complexity index is 742. The van der Waals surface area contributed by atoms with Crippen molar-refractivity contribution in [2.24, 2.45) is 7.05 Å². The number of allylic oxidation sites excluding steroid dienone is 2. The van der Waals surface area contributed by atoms with Crippen molar-refractivity contribution in [1.29, 1.82) is 0 Å². The van der Waals surface area contributed by atoms with Gasteiger partial charge in [0.1, 0.15) is 11.4 Å². The van der Waals surface area contributed by atoms with Gasteiger partial charge in [0.05, 0.1) is 12.7 Å². The number of Topliss-reactive ketones (excluding diaryl/α,β-unsaturated/α-hetero) is 1. The van der Waals surface area contributed by atoms with Crippen molar-refractivity contribution >= 4 is 17.5 Å². The lowest BCUT2D eigenvalue weighted by molar-refractivity contribution is 0.0912. The number of amides is 1. The van der Waals surface area contributed by atoms with E-state index in [0.29, 0.717) is 12.2 Å². The highest BCUT2D eigenvalue weighted by molar-refractivity contribution is 6.24. The van der Waals surface area contributed by atoms with E-state index in [2.05, 4.69) is 10.2 Å². The standard InChI is InChI=1S/C18H23N3O4/c1-20-13(18(24)19-6-9-21-7-4-3-5-8-21)10-12-16(20)14(22)11-15(25-2)17(12)23/h10-11H,3-9H2,1-2H3,(H,19,24). The predicted molar refractivity (Wildman–Crippen MR) is 91.8 cm³/mol. The highest BCUT2D eigenvalue weighted by Crippen LogP contribution is 2.24. The van der Waals surface area contributed by atoms with E-state index in [1.807, 2.05) is 0 Å². The number of nitrogens with zero attached hydrogens (tertiary/aromatic N) is 2. The molecule has 7 nitrogen and oxygen atoms in total. The summed E-state index contributed by atoms with van der Waals surface area (Å²) in [5.74, 6) is -0.991. The minimum atomic E-state index is -0.375. The molecule has 0 radical (unpaired) electrons. The van der Waals surface area contributed by atoms with E-state index >= 15 is 0 Å². The van der Waals surface area contributed by atoms with E-state index in [1.165, 1.54) is 43.1 Å². The molecular weight excluding hydrogens is 322 g/mol. The van der Waals surface area contributed by atoms with Gasteiger partial charge in [0.15, 0.2) is 5.76 Å². The molecule has 0 unspecified atom stereocenters. The van der Waals surface area contributed by atoms with Crippen LogP contribution < -0.4 is 5.32 Å². The number of rotatable bonds is 5. The molecule has 134 valence electrons. The Morgan fingerprint density at radius 2 is 1.96 bits per heavy atom. The first-order valence-electron chi connectivity index (χ1n) is 8.58. The highest BCUT2D eigenvalue weighted by atomic mass is 16.5. The summed E-state index contributed by atoms with van der Waals surface area (Å²) in [4.78, 5) is 39.3. The van der Waals surface area contributed by atoms with Gasteiger partial charge in [-0.05, 0) is 32.0 Å². The summed E-state index contributed by atoms with van der Waals surface area (Å²) < 4.78 is 6.43. The number of carbonyl (C=O) groups excluding carboxylic acids is 3. The molecule has 7 heteroatoms. The lowest BCUT2D eigenvalue weighted by Gasteiger charge is -2.26.